The van der Waals surface area contributed by atoms with Crippen molar-refractivity contribution in [3.05, 3.63) is 11.3 Å². The first-order valence-electron chi connectivity index (χ1n) is 10.1. The van der Waals surface area contributed by atoms with E-state index in [2.05, 4.69) is 15.4 Å². The first-order valence-corrected chi connectivity index (χ1v) is 12.3. The lowest BCUT2D eigenvalue weighted by molar-refractivity contribution is -0.150. The van der Waals surface area contributed by atoms with Crippen LogP contribution in [0.15, 0.2) is 11.3 Å². The van der Waals surface area contributed by atoms with Crippen molar-refractivity contribution in [2.75, 3.05) is 12.4 Å². The highest BCUT2D eigenvalue weighted by molar-refractivity contribution is 8.00. The Kier molecular flexibility index (Phi) is 10.1. The predicted molar refractivity (Wildman–Crippen MR) is 125 cm³/mol. The van der Waals surface area contributed by atoms with Crippen LogP contribution in [-0.2, 0) is 28.7 Å². The highest BCUT2D eigenvalue weighted by Gasteiger charge is 2.54. The van der Waals surface area contributed by atoms with Crippen molar-refractivity contribution >= 4 is 82.2 Å². The number of ketones is 1. The van der Waals surface area contributed by atoms with Crippen LogP contribution in [0.1, 0.15) is 32.6 Å². The van der Waals surface area contributed by atoms with Gasteiger partial charge in [0.25, 0.3) is 5.91 Å². The van der Waals surface area contributed by atoms with Gasteiger partial charge >= 0.3 is 18.0 Å². The van der Waals surface area contributed by atoms with Gasteiger partial charge < -0.3 is 25.6 Å². The van der Waals surface area contributed by atoms with Gasteiger partial charge in [-0.15, -0.1) is 11.8 Å². The number of fused-ring (bicyclic) bond motifs is 1. The minimum atomic E-state index is -1.87. The number of alkyl carbamates (subject to hydrolysis) is 1. The third-order valence-corrected chi connectivity index (χ3v) is 6.55. The molecule has 0 spiro atoms. The van der Waals surface area contributed by atoms with Crippen molar-refractivity contribution in [3.63, 3.8) is 0 Å². The summed E-state index contributed by atoms with van der Waals surface area (Å²) in [7, 11) is 0. The quantitative estimate of drug-likeness (QED) is 0.208. The molecule has 194 valence electrons. The van der Waals surface area contributed by atoms with Crippen molar-refractivity contribution < 1.29 is 43.7 Å². The summed E-state index contributed by atoms with van der Waals surface area (Å²) >= 11 is 17.6. The summed E-state index contributed by atoms with van der Waals surface area (Å²) in [5.41, 5.74) is 0.0976. The van der Waals surface area contributed by atoms with Gasteiger partial charge in [-0.1, -0.05) is 34.8 Å². The van der Waals surface area contributed by atoms with E-state index in [1.165, 1.54) is 18.7 Å². The van der Waals surface area contributed by atoms with Gasteiger partial charge in [-0.2, -0.15) is 0 Å². The van der Waals surface area contributed by atoms with Crippen molar-refractivity contribution in [2.45, 2.75) is 53.9 Å². The number of Topliss-reactive ketones (excluding diaryl/α,β-unsaturated/α-hetero) is 1. The predicted octanol–water partition coefficient (Wildman–Crippen LogP) is 1.42. The monoisotopic (exact) mass is 573 g/mol. The number of thioether (sulfide) groups is 1. The van der Waals surface area contributed by atoms with Crippen molar-refractivity contribution in [3.8, 4) is 0 Å². The van der Waals surface area contributed by atoms with Crippen LogP contribution in [0.5, 0.6) is 0 Å². The third kappa shape index (κ3) is 8.16. The number of aliphatic carboxylic acids is 2. The van der Waals surface area contributed by atoms with E-state index >= 15 is 0 Å². The smallest absolute Gasteiger partial charge is 0.407 e. The summed E-state index contributed by atoms with van der Waals surface area (Å²) in [6, 6.07) is -2.32. The Morgan fingerprint density at radius 1 is 1.23 bits per heavy atom. The van der Waals surface area contributed by atoms with Gasteiger partial charge in [0.05, 0.1) is 0 Å². The van der Waals surface area contributed by atoms with Gasteiger partial charge in [0.1, 0.15) is 35.5 Å². The number of hydrogen-bond acceptors (Lipinski definition) is 8. The molecule has 0 bridgehead atoms. The van der Waals surface area contributed by atoms with E-state index in [9.17, 15) is 39.0 Å². The Bertz CT molecular complexity index is 954. The lowest BCUT2D eigenvalue weighted by Crippen LogP contribution is -2.70. The van der Waals surface area contributed by atoms with Gasteiger partial charge in [0.15, 0.2) is 0 Å². The SMILES string of the molecule is CC(=O)CC1=C(C(=O)O)N2C(=O)[C@@H](NC(=O)CCCC(NC(=O)OCC(Cl)(Cl)Cl)C(=O)O)[C@@H]2SC1. The second kappa shape index (κ2) is 12.2. The highest BCUT2D eigenvalue weighted by Crippen LogP contribution is 2.41. The zero-order chi connectivity index (χ0) is 26.5. The average Bonchev–Trinajstić information content (AvgIpc) is 2.73. The number of alkyl halides is 3. The van der Waals surface area contributed by atoms with Crippen LogP contribution in [0.3, 0.4) is 0 Å². The van der Waals surface area contributed by atoms with E-state index in [0.29, 0.717) is 5.57 Å². The molecule has 16 heteroatoms. The third-order valence-electron chi connectivity index (χ3n) is 4.88. The summed E-state index contributed by atoms with van der Waals surface area (Å²) in [5, 5.41) is 22.7. The van der Waals surface area contributed by atoms with Crippen LogP contribution in [0.2, 0.25) is 0 Å². The maximum absolute atomic E-state index is 12.6. The molecule has 2 heterocycles. The Morgan fingerprint density at radius 2 is 1.89 bits per heavy atom. The van der Waals surface area contributed by atoms with Gasteiger partial charge in [-0.25, -0.2) is 14.4 Å². The Hall–Kier alpha value is -2.22. The maximum Gasteiger partial charge on any atom is 0.407 e. The number of nitrogens with one attached hydrogen (secondary N) is 2. The fourth-order valence-corrected chi connectivity index (χ4v) is 4.93. The molecule has 2 aliphatic heterocycles. The molecule has 35 heavy (non-hydrogen) atoms. The van der Waals surface area contributed by atoms with Crippen molar-refractivity contribution in [1.29, 1.82) is 0 Å². The topological polar surface area (TPSA) is 179 Å². The number of hydrogen-bond donors (Lipinski definition) is 4. The fraction of sp³-hybridized carbons (Fsp3) is 0.579. The highest BCUT2D eigenvalue weighted by atomic mass is 35.6. The summed E-state index contributed by atoms with van der Waals surface area (Å²) in [5.74, 6) is -3.87. The number of nitrogens with zero attached hydrogens (tertiary/aromatic N) is 1. The molecule has 0 aromatic carbocycles. The van der Waals surface area contributed by atoms with Gasteiger partial charge in [0.2, 0.25) is 9.70 Å². The first kappa shape index (κ1) is 29.0. The van der Waals surface area contributed by atoms with Crippen molar-refractivity contribution in [1.82, 2.24) is 15.5 Å². The van der Waals surface area contributed by atoms with Gasteiger partial charge in [-0.3, -0.25) is 19.3 Å². The molecule has 1 unspecified atom stereocenters. The zero-order valence-electron chi connectivity index (χ0n) is 18.2. The number of carbonyl (C=O) groups excluding carboxylic acids is 4. The van der Waals surface area contributed by atoms with Crippen molar-refractivity contribution in [2.24, 2.45) is 0 Å². The summed E-state index contributed by atoms with van der Waals surface area (Å²) in [6.45, 7) is 0.723. The number of rotatable bonds is 11. The fourth-order valence-electron chi connectivity index (χ4n) is 3.42. The molecule has 0 aliphatic carbocycles. The van der Waals surface area contributed by atoms with Crippen LogP contribution in [0.4, 0.5) is 4.79 Å². The molecule has 0 aromatic heterocycles. The standard InChI is InChI=1S/C19H22Cl3N3O9S/c1-8(26)5-9-6-35-15-12(14(28)25(15)13(9)17(31)32)24-11(27)4-2-3-10(16(29)30)23-18(33)34-7-19(20,21)22/h10,12,15H,2-7H2,1H3,(H,23,33)(H,24,27)(H,29,30)(H,31,32)/t10?,12-,15+/m1/s1. The molecule has 0 aromatic rings. The van der Waals surface area contributed by atoms with Crippen LogP contribution < -0.4 is 10.6 Å². The molecular formula is C19H22Cl3N3O9S. The average molecular weight is 575 g/mol. The molecule has 2 aliphatic rings. The molecule has 2 rings (SSSR count). The molecule has 3 amide bonds. The molecule has 1 saturated heterocycles. The van der Waals surface area contributed by atoms with E-state index in [1.54, 1.807) is 0 Å². The molecular weight excluding hydrogens is 553 g/mol. The normalized spacial score (nSPS) is 20.3. The Morgan fingerprint density at radius 3 is 2.43 bits per heavy atom. The number of halogens is 3. The lowest BCUT2D eigenvalue weighted by atomic mass is 10.0. The van der Waals surface area contributed by atoms with E-state index in [-0.39, 0.29) is 42.9 Å². The van der Waals surface area contributed by atoms with E-state index in [4.69, 9.17) is 34.8 Å². The van der Waals surface area contributed by atoms with E-state index in [1.807, 2.05) is 0 Å². The van der Waals surface area contributed by atoms with E-state index in [0.717, 1.165) is 4.90 Å². The number of amides is 3. The summed E-state index contributed by atoms with van der Waals surface area (Å²) < 4.78 is 2.74. The lowest BCUT2D eigenvalue weighted by Gasteiger charge is -2.49. The molecule has 4 N–H and O–H groups in total. The molecule has 1 fully saturated rings. The Labute approximate surface area is 218 Å². The van der Waals surface area contributed by atoms with Gasteiger partial charge in [0, 0.05) is 18.6 Å². The molecule has 3 atom stereocenters. The number of ether oxygens (including phenoxy) is 1. The number of carboxylic acids is 2. The molecule has 12 nitrogen and oxygen atoms in total. The van der Waals surface area contributed by atoms with Crippen LogP contribution in [0, 0.1) is 0 Å². The van der Waals surface area contributed by atoms with Gasteiger partial charge in [-0.05, 0) is 25.3 Å². The summed E-state index contributed by atoms with van der Waals surface area (Å²) in [6.07, 6.45) is -1.45. The maximum atomic E-state index is 12.6. The first-order chi connectivity index (χ1) is 16.2. The minimum absolute atomic E-state index is 0.0407. The number of carboxylic acid groups (broad SMARTS) is 2. The second-order valence-corrected chi connectivity index (χ2v) is 11.3. The number of carbonyl (C=O) groups is 6. The zero-order valence-corrected chi connectivity index (χ0v) is 21.3. The largest absolute Gasteiger partial charge is 0.480 e. The van der Waals surface area contributed by atoms with Crippen LogP contribution >= 0.6 is 46.6 Å². The second-order valence-electron chi connectivity index (χ2n) is 7.71. The molecule has 0 saturated carbocycles. The van der Waals surface area contributed by atoms with Crippen LogP contribution in [0.25, 0.3) is 0 Å². The minimum Gasteiger partial charge on any atom is -0.480 e. The molecule has 0 radical (unpaired) electrons. The van der Waals surface area contributed by atoms with Crippen LogP contribution in [-0.4, -0.2) is 84.4 Å². The summed E-state index contributed by atoms with van der Waals surface area (Å²) in [4.78, 5) is 72.0. The number of β-lactam (4-membered cyclic amide) rings is 1. The Balaban J connectivity index is 1.86. The van der Waals surface area contributed by atoms with E-state index < -0.39 is 57.7 Å².